The van der Waals surface area contributed by atoms with E-state index in [0.29, 0.717) is 44.7 Å². The normalized spacial score (nSPS) is 27.5. The summed E-state index contributed by atoms with van der Waals surface area (Å²) < 4.78 is 52.8. The molecule has 0 radical (unpaired) electrons. The number of amides is 2. The maximum atomic E-state index is 14.0. The molecule has 188 valence electrons. The van der Waals surface area contributed by atoms with Gasteiger partial charge in [-0.05, 0) is 69.2 Å². The van der Waals surface area contributed by atoms with E-state index in [-0.39, 0.29) is 17.5 Å². The molecule has 6 nitrogen and oxygen atoms in total. The van der Waals surface area contributed by atoms with Crippen LogP contribution >= 0.6 is 0 Å². The molecule has 2 aromatic rings. The second kappa shape index (κ2) is 8.72. The lowest BCUT2D eigenvalue weighted by Gasteiger charge is -2.49. The lowest BCUT2D eigenvalue weighted by Crippen LogP contribution is -2.56. The van der Waals surface area contributed by atoms with Crippen LogP contribution < -0.4 is 10.2 Å². The number of aromatic nitrogens is 2. The molecule has 2 aliphatic carbocycles. The summed E-state index contributed by atoms with van der Waals surface area (Å²) in [5.74, 6) is -1.06. The van der Waals surface area contributed by atoms with Crippen molar-refractivity contribution in [3.8, 4) is 0 Å². The number of carbonyl (C=O) groups excluding carboxylic acids is 1. The smallest absolute Gasteiger partial charge is 0.317 e. The highest BCUT2D eigenvalue weighted by Crippen LogP contribution is 2.48. The third-order valence-electron chi connectivity index (χ3n) is 8.25. The summed E-state index contributed by atoms with van der Waals surface area (Å²) in [6.07, 6.45) is 3.64. The lowest BCUT2D eigenvalue weighted by molar-refractivity contribution is -0.144. The number of nitrogens with zero attached hydrogens (tertiary/aromatic N) is 4. The van der Waals surface area contributed by atoms with Gasteiger partial charge in [0.05, 0.1) is 30.2 Å². The summed E-state index contributed by atoms with van der Waals surface area (Å²) in [7, 11) is 1.88. The summed E-state index contributed by atoms with van der Waals surface area (Å²) in [5, 5.41) is 3.41. The maximum absolute atomic E-state index is 14.0. The number of urea groups is 1. The van der Waals surface area contributed by atoms with Crippen molar-refractivity contribution >= 4 is 11.7 Å². The van der Waals surface area contributed by atoms with Gasteiger partial charge in [0.15, 0.2) is 0 Å². The minimum absolute atomic E-state index is 0.206. The number of benzene rings is 1. The predicted octanol–water partition coefficient (Wildman–Crippen LogP) is 5.10. The average molecular weight is 492 g/mol. The quantitative estimate of drug-likeness (QED) is 0.591. The van der Waals surface area contributed by atoms with Gasteiger partial charge in [0.2, 0.25) is 5.82 Å². The maximum Gasteiger partial charge on any atom is 0.451 e. The molecule has 1 saturated heterocycles. The molecule has 5 rings (SSSR count). The van der Waals surface area contributed by atoms with Crippen LogP contribution in [0.25, 0.3) is 0 Å². The van der Waals surface area contributed by atoms with Crippen molar-refractivity contribution in [1.29, 1.82) is 0 Å². The first-order valence-electron chi connectivity index (χ1n) is 12.1. The number of alkyl halides is 3. The van der Waals surface area contributed by atoms with Crippen molar-refractivity contribution in [1.82, 2.24) is 20.2 Å². The van der Waals surface area contributed by atoms with Crippen molar-refractivity contribution < 1.29 is 22.4 Å². The molecule has 2 amide bonds. The number of nitrogens with one attached hydrogen (secondary N) is 1. The number of anilines is 1. The molecule has 2 heterocycles. The Labute approximate surface area is 201 Å². The third kappa shape index (κ3) is 4.26. The van der Waals surface area contributed by atoms with Gasteiger partial charge < -0.3 is 10.2 Å². The monoisotopic (exact) mass is 491 g/mol. The summed E-state index contributed by atoms with van der Waals surface area (Å²) in [4.78, 5) is 24.0. The zero-order chi connectivity index (χ0) is 24.8. The molecule has 35 heavy (non-hydrogen) atoms. The number of hydrogen-bond acceptors (Lipinski definition) is 4. The number of carbonyl (C=O) groups is 1. The van der Waals surface area contributed by atoms with E-state index in [2.05, 4.69) is 15.3 Å². The number of halogens is 4. The lowest BCUT2D eigenvalue weighted by atomic mass is 9.68. The Morgan fingerprint density at radius 3 is 2.34 bits per heavy atom. The van der Waals surface area contributed by atoms with E-state index < -0.39 is 23.1 Å². The van der Waals surface area contributed by atoms with E-state index in [0.717, 1.165) is 37.2 Å². The van der Waals surface area contributed by atoms with E-state index in [1.165, 1.54) is 11.0 Å². The zero-order valence-electron chi connectivity index (χ0n) is 19.6. The highest BCUT2D eigenvalue weighted by atomic mass is 19.4. The predicted molar refractivity (Wildman–Crippen MR) is 122 cm³/mol. The van der Waals surface area contributed by atoms with E-state index in [1.54, 1.807) is 12.1 Å². The molecule has 1 aromatic carbocycles. The summed E-state index contributed by atoms with van der Waals surface area (Å²) in [6, 6.07) is 6.42. The SMILES string of the molecule is CNC1(c2cccc(F)c2)CCC2(CC1)CN(c1cnc(C(F)(F)F)nc1)C(=O)N2CC1CCC1. The van der Waals surface area contributed by atoms with Crippen LogP contribution in [0, 0.1) is 11.7 Å². The van der Waals surface area contributed by atoms with Crippen LogP contribution in [-0.2, 0) is 11.7 Å². The average Bonchev–Trinajstić information content (AvgIpc) is 3.08. The zero-order valence-corrected chi connectivity index (χ0v) is 19.6. The Kier molecular flexibility index (Phi) is 5.97. The summed E-state index contributed by atoms with van der Waals surface area (Å²) >= 11 is 0. The minimum Gasteiger partial charge on any atom is -0.317 e. The molecule has 2 saturated carbocycles. The van der Waals surface area contributed by atoms with Gasteiger partial charge in [-0.1, -0.05) is 18.6 Å². The van der Waals surface area contributed by atoms with Crippen molar-refractivity contribution in [3.63, 3.8) is 0 Å². The van der Waals surface area contributed by atoms with Crippen LogP contribution in [0.2, 0.25) is 0 Å². The van der Waals surface area contributed by atoms with Gasteiger partial charge in [-0.25, -0.2) is 19.2 Å². The van der Waals surface area contributed by atoms with Gasteiger partial charge in [0, 0.05) is 12.1 Å². The Balaban J connectivity index is 1.42. The van der Waals surface area contributed by atoms with E-state index in [4.69, 9.17) is 0 Å². The molecule has 3 fully saturated rings. The van der Waals surface area contributed by atoms with Gasteiger partial charge in [-0.2, -0.15) is 13.2 Å². The third-order valence-corrected chi connectivity index (χ3v) is 8.25. The first-order chi connectivity index (χ1) is 16.7. The topological polar surface area (TPSA) is 61.4 Å². The second-order valence-electron chi connectivity index (χ2n) is 10.1. The summed E-state index contributed by atoms with van der Waals surface area (Å²) in [6.45, 7) is 1.01. The first kappa shape index (κ1) is 24.0. The molecule has 1 N–H and O–H groups in total. The highest BCUT2D eigenvalue weighted by Gasteiger charge is 2.54. The van der Waals surface area contributed by atoms with Crippen molar-refractivity contribution in [2.24, 2.45) is 5.92 Å². The fourth-order valence-corrected chi connectivity index (χ4v) is 5.85. The molecule has 0 unspecified atom stereocenters. The Hall–Kier alpha value is -2.75. The molecule has 1 spiro atoms. The van der Waals surface area contributed by atoms with Gasteiger partial charge in [0.25, 0.3) is 0 Å². The number of rotatable bonds is 5. The van der Waals surface area contributed by atoms with Crippen molar-refractivity contribution in [2.45, 2.75) is 62.2 Å². The van der Waals surface area contributed by atoms with Gasteiger partial charge in [-0.15, -0.1) is 0 Å². The standard InChI is InChI=1S/C25H29F4N5O/c1-30-24(18-6-3-7-19(26)12-18)10-8-23(9-11-24)16-33(22(35)34(23)15-17-4-2-5-17)20-13-31-21(32-14-20)25(27,28)29/h3,6-7,12-14,17,30H,2,4-5,8-11,15-16H2,1H3. The van der Waals surface area contributed by atoms with E-state index >= 15 is 0 Å². The van der Waals surface area contributed by atoms with Gasteiger partial charge in [-0.3, -0.25) is 4.90 Å². The highest BCUT2D eigenvalue weighted by molar-refractivity contribution is 5.95. The van der Waals surface area contributed by atoms with Crippen LogP contribution in [0.15, 0.2) is 36.7 Å². The molecule has 0 atom stereocenters. The largest absolute Gasteiger partial charge is 0.451 e. The minimum atomic E-state index is -4.64. The van der Waals surface area contributed by atoms with Gasteiger partial charge in [0.1, 0.15) is 5.82 Å². The van der Waals surface area contributed by atoms with E-state index in [9.17, 15) is 22.4 Å². The molecule has 10 heteroatoms. The fraction of sp³-hybridized carbons (Fsp3) is 0.560. The van der Waals surface area contributed by atoms with Gasteiger partial charge >= 0.3 is 12.2 Å². The second-order valence-corrected chi connectivity index (χ2v) is 10.1. The fourth-order valence-electron chi connectivity index (χ4n) is 5.85. The van der Waals surface area contributed by atoms with Crippen LogP contribution in [0.5, 0.6) is 0 Å². The molecule has 3 aliphatic rings. The van der Waals surface area contributed by atoms with Crippen molar-refractivity contribution in [3.05, 3.63) is 53.9 Å². The van der Waals surface area contributed by atoms with Crippen LogP contribution in [-0.4, -0.2) is 46.6 Å². The van der Waals surface area contributed by atoms with Crippen LogP contribution in [0.3, 0.4) is 0 Å². The van der Waals surface area contributed by atoms with Crippen molar-refractivity contribution in [2.75, 3.05) is 25.0 Å². The van der Waals surface area contributed by atoms with Crippen LogP contribution in [0.1, 0.15) is 56.3 Å². The Bertz CT molecular complexity index is 1080. The molecule has 0 bridgehead atoms. The summed E-state index contributed by atoms with van der Waals surface area (Å²) in [5.41, 5.74) is 0.318. The van der Waals surface area contributed by atoms with Crippen LogP contribution in [0.4, 0.5) is 28.0 Å². The molecule has 1 aliphatic heterocycles. The van der Waals surface area contributed by atoms with E-state index in [1.807, 2.05) is 18.0 Å². The Morgan fingerprint density at radius 2 is 1.80 bits per heavy atom. The molecular weight excluding hydrogens is 462 g/mol. The molecule has 1 aromatic heterocycles. The first-order valence-corrected chi connectivity index (χ1v) is 12.1. The number of hydrogen-bond donors (Lipinski definition) is 1. The Morgan fingerprint density at radius 1 is 1.11 bits per heavy atom. The molecular formula is C25H29F4N5O.